The van der Waals surface area contributed by atoms with E-state index in [4.69, 9.17) is 4.74 Å². The molecule has 0 spiro atoms. The summed E-state index contributed by atoms with van der Waals surface area (Å²) in [6.07, 6.45) is -6.78. The standard InChI is InChI=1S/C11H12F3NO/c1-7-9(8-5-3-2-4-6-8)16-10(15-7)11(12,13)14/h2-7,9-10,15H,1H3. The van der Waals surface area contributed by atoms with Crippen LogP contribution in [0.5, 0.6) is 0 Å². The molecule has 1 aliphatic rings. The summed E-state index contributed by atoms with van der Waals surface area (Å²) in [5.74, 6) is 0. The third-order valence-electron chi connectivity index (χ3n) is 2.58. The highest BCUT2D eigenvalue weighted by molar-refractivity contribution is 5.20. The maximum atomic E-state index is 12.4. The highest BCUT2D eigenvalue weighted by atomic mass is 19.4. The van der Waals surface area contributed by atoms with Crippen molar-refractivity contribution < 1.29 is 17.9 Å². The average molecular weight is 231 g/mol. The molecule has 0 amide bonds. The van der Waals surface area contributed by atoms with Crippen LogP contribution in [0, 0.1) is 0 Å². The van der Waals surface area contributed by atoms with Crippen molar-refractivity contribution in [3.05, 3.63) is 35.9 Å². The van der Waals surface area contributed by atoms with Gasteiger partial charge in [-0.3, -0.25) is 5.32 Å². The summed E-state index contributed by atoms with van der Waals surface area (Å²) < 4.78 is 42.3. The zero-order valence-electron chi connectivity index (χ0n) is 8.66. The number of ether oxygens (including phenoxy) is 1. The van der Waals surface area contributed by atoms with Crippen LogP contribution < -0.4 is 5.32 Å². The molecular formula is C11H12F3NO. The molecule has 1 aliphatic heterocycles. The van der Waals surface area contributed by atoms with E-state index in [9.17, 15) is 13.2 Å². The summed E-state index contributed by atoms with van der Waals surface area (Å²) in [6.45, 7) is 1.68. The van der Waals surface area contributed by atoms with Crippen molar-refractivity contribution in [1.29, 1.82) is 0 Å². The van der Waals surface area contributed by atoms with Crippen molar-refractivity contribution in [2.45, 2.75) is 31.5 Å². The topological polar surface area (TPSA) is 21.3 Å². The Morgan fingerprint density at radius 1 is 1.19 bits per heavy atom. The molecule has 1 fully saturated rings. The van der Waals surface area contributed by atoms with E-state index in [1.54, 1.807) is 31.2 Å². The van der Waals surface area contributed by atoms with Gasteiger partial charge in [0.25, 0.3) is 0 Å². The second-order valence-corrected chi connectivity index (χ2v) is 3.84. The monoisotopic (exact) mass is 231 g/mol. The number of nitrogens with one attached hydrogen (secondary N) is 1. The second-order valence-electron chi connectivity index (χ2n) is 3.84. The zero-order chi connectivity index (χ0) is 11.8. The van der Waals surface area contributed by atoms with E-state index in [-0.39, 0.29) is 6.04 Å². The van der Waals surface area contributed by atoms with Crippen LogP contribution in [0.2, 0.25) is 0 Å². The number of hydrogen-bond acceptors (Lipinski definition) is 2. The van der Waals surface area contributed by atoms with E-state index < -0.39 is 18.5 Å². The second kappa shape index (κ2) is 4.07. The van der Waals surface area contributed by atoms with Crippen LogP contribution >= 0.6 is 0 Å². The van der Waals surface area contributed by atoms with Gasteiger partial charge in [0, 0.05) is 6.04 Å². The summed E-state index contributed by atoms with van der Waals surface area (Å²) in [5, 5.41) is 2.40. The van der Waals surface area contributed by atoms with Gasteiger partial charge in [-0.25, -0.2) is 0 Å². The van der Waals surface area contributed by atoms with Crippen LogP contribution in [0.4, 0.5) is 13.2 Å². The highest BCUT2D eigenvalue weighted by Gasteiger charge is 2.48. The molecule has 16 heavy (non-hydrogen) atoms. The molecule has 1 saturated heterocycles. The van der Waals surface area contributed by atoms with Crippen molar-refractivity contribution in [3.8, 4) is 0 Å². The predicted octanol–water partition coefficient (Wildman–Crippen LogP) is 2.62. The minimum absolute atomic E-state index is 0.353. The lowest BCUT2D eigenvalue weighted by molar-refractivity contribution is -0.221. The molecule has 3 atom stereocenters. The van der Waals surface area contributed by atoms with E-state index in [0.29, 0.717) is 0 Å². The third-order valence-corrected chi connectivity index (χ3v) is 2.58. The maximum absolute atomic E-state index is 12.4. The van der Waals surface area contributed by atoms with Crippen LogP contribution in [0.25, 0.3) is 0 Å². The molecule has 0 aliphatic carbocycles. The number of benzene rings is 1. The van der Waals surface area contributed by atoms with Crippen LogP contribution in [-0.2, 0) is 4.74 Å². The first-order chi connectivity index (χ1) is 7.48. The third kappa shape index (κ3) is 2.20. The summed E-state index contributed by atoms with van der Waals surface area (Å²) in [5.41, 5.74) is 0.759. The number of rotatable bonds is 1. The summed E-state index contributed by atoms with van der Waals surface area (Å²) in [6, 6.07) is 8.56. The molecule has 0 saturated carbocycles. The molecule has 1 N–H and O–H groups in total. The first kappa shape index (κ1) is 11.4. The molecule has 2 rings (SSSR count). The van der Waals surface area contributed by atoms with E-state index in [1.807, 2.05) is 6.07 Å². The van der Waals surface area contributed by atoms with Gasteiger partial charge in [-0.1, -0.05) is 30.3 Å². The van der Waals surface area contributed by atoms with Crippen molar-refractivity contribution in [3.63, 3.8) is 0 Å². The zero-order valence-corrected chi connectivity index (χ0v) is 8.66. The minimum Gasteiger partial charge on any atom is -0.344 e. The van der Waals surface area contributed by atoms with Crippen LogP contribution in [-0.4, -0.2) is 18.4 Å². The molecule has 3 unspecified atom stereocenters. The number of hydrogen-bond donors (Lipinski definition) is 1. The molecule has 1 aromatic carbocycles. The molecule has 5 heteroatoms. The summed E-state index contributed by atoms with van der Waals surface area (Å²) >= 11 is 0. The molecule has 1 aromatic rings. The molecule has 0 aromatic heterocycles. The fraction of sp³-hybridized carbons (Fsp3) is 0.455. The van der Waals surface area contributed by atoms with Crippen LogP contribution in [0.3, 0.4) is 0 Å². The Kier molecular flexibility index (Phi) is 2.90. The van der Waals surface area contributed by atoms with Gasteiger partial charge in [0.15, 0.2) is 0 Å². The number of halogens is 3. The van der Waals surface area contributed by atoms with E-state index in [0.717, 1.165) is 5.56 Å². The van der Waals surface area contributed by atoms with Gasteiger partial charge in [0.05, 0.1) is 0 Å². The Balaban J connectivity index is 2.15. The van der Waals surface area contributed by atoms with Gasteiger partial charge in [-0.2, -0.15) is 13.2 Å². The smallest absolute Gasteiger partial charge is 0.344 e. The van der Waals surface area contributed by atoms with Gasteiger partial charge >= 0.3 is 6.18 Å². The van der Waals surface area contributed by atoms with Gasteiger partial charge in [0.1, 0.15) is 6.10 Å². The SMILES string of the molecule is CC1NC(C(F)(F)F)OC1c1ccccc1. The van der Waals surface area contributed by atoms with Crippen LogP contribution in [0.1, 0.15) is 18.6 Å². The number of alkyl halides is 3. The Labute approximate surface area is 91.4 Å². The lowest BCUT2D eigenvalue weighted by Crippen LogP contribution is -2.40. The summed E-state index contributed by atoms with van der Waals surface area (Å²) in [7, 11) is 0. The maximum Gasteiger partial charge on any atom is 0.428 e. The lowest BCUT2D eigenvalue weighted by atomic mass is 10.0. The largest absolute Gasteiger partial charge is 0.428 e. The van der Waals surface area contributed by atoms with Gasteiger partial charge in [0.2, 0.25) is 6.23 Å². The first-order valence-electron chi connectivity index (χ1n) is 5.01. The molecule has 88 valence electrons. The van der Waals surface area contributed by atoms with E-state index in [1.165, 1.54) is 0 Å². The Bertz CT molecular complexity index is 352. The molecule has 1 heterocycles. The van der Waals surface area contributed by atoms with Crippen molar-refractivity contribution in [2.24, 2.45) is 0 Å². The van der Waals surface area contributed by atoms with Gasteiger partial charge in [-0.15, -0.1) is 0 Å². The van der Waals surface area contributed by atoms with E-state index >= 15 is 0 Å². The van der Waals surface area contributed by atoms with Crippen molar-refractivity contribution >= 4 is 0 Å². The minimum atomic E-state index is -4.36. The quantitative estimate of drug-likeness (QED) is 0.802. The fourth-order valence-corrected chi connectivity index (χ4v) is 1.81. The molecule has 2 nitrogen and oxygen atoms in total. The lowest BCUT2D eigenvalue weighted by Gasteiger charge is -2.15. The van der Waals surface area contributed by atoms with Gasteiger partial charge < -0.3 is 4.74 Å². The Morgan fingerprint density at radius 3 is 2.31 bits per heavy atom. The summed E-state index contributed by atoms with van der Waals surface area (Å²) in [4.78, 5) is 0. The predicted molar refractivity (Wildman–Crippen MR) is 52.7 cm³/mol. The van der Waals surface area contributed by atoms with Crippen molar-refractivity contribution in [1.82, 2.24) is 5.32 Å². The molecular weight excluding hydrogens is 219 g/mol. The van der Waals surface area contributed by atoms with Crippen LogP contribution in [0.15, 0.2) is 30.3 Å². The Morgan fingerprint density at radius 2 is 1.81 bits per heavy atom. The van der Waals surface area contributed by atoms with E-state index in [2.05, 4.69) is 5.32 Å². The molecule has 0 bridgehead atoms. The Hall–Kier alpha value is -1.07. The fourth-order valence-electron chi connectivity index (χ4n) is 1.81. The average Bonchev–Trinajstić information content (AvgIpc) is 2.61. The van der Waals surface area contributed by atoms with Crippen molar-refractivity contribution in [2.75, 3.05) is 0 Å². The molecule has 0 radical (unpaired) electrons. The first-order valence-corrected chi connectivity index (χ1v) is 5.01. The highest BCUT2D eigenvalue weighted by Crippen LogP contribution is 2.34. The normalized spacial score (nSPS) is 30.6. The van der Waals surface area contributed by atoms with Gasteiger partial charge in [-0.05, 0) is 12.5 Å².